The normalized spacial score (nSPS) is 12.5. The molecule has 0 saturated carbocycles. The number of allylic oxidation sites excluding steroid dienone is 1. The van der Waals surface area contributed by atoms with Crippen LogP contribution in [0, 0.1) is 11.6 Å². The van der Waals surface area contributed by atoms with Gasteiger partial charge in [-0.05, 0) is 31.4 Å². The van der Waals surface area contributed by atoms with Crippen LogP contribution in [0.1, 0.15) is 30.9 Å². The van der Waals surface area contributed by atoms with Gasteiger partial charge in [-0.15, -0.1) is 6.58 Å². The van der Waals surface area contributed by atoms with Crippen molar-refractivity contribution < 1.29 is 13.9 Å². The van der Waals surface area contributed by atoms with Crippen molar-refractivity contribution >= 4 is 11.6 Å². The fourth-order valence-corrected chi connectivity index (χ4v) is 1.55. The lowest BCUT2D eigenvalue weighted by Gasteiger charge is -2.11. The molecule has 0 radical (unpaired) electrons. The second-order valence-corrected chi connectivity index (χ2v) is 3.93. The largest absolute Gasteiger partial charge is 0.388 e. The van der Waals surface area contributed by atoms with Crippen LogP contribution in [0.2, 0.25) is 5.02 Å². The maximum Gasteiger partial charge on any atom is 0.142 e. The summed E-state index contributed by atoms with van der Waals surface area (Å²) in [6.45, 7) is 3.54. The summed E-state index contributed by atoms with van der Waals surface area (Å²) >= 11 is 5.41. The first-order valence-corrected chi connectivity index (χ1v) is 5.37. The Kier molecular flexibility index (Phi) is 4.90. The fourth-order valence-electron chi connectivity index (χ4n) is 1.40. The third-order valence-corrected chi connectivity index (χ3v) is 2.57. The average molecular weight is 247 g/mol. The van der Waals surface area contributed by atoms with Gasteiger partial charge in [0.2, 0.25) is 0 Å². The Bertz CT molecular complexity index is 380. The molecule has 88 valence electrons. The Balaban J connectivity index is 2.78. The van der Waals surface area contributed by atoms with Gasteiger partial charge >= 0.3 is 0 Å². The van der Waals surface area contributed by atoms with Crippen LogP contribution < -0.4 is 0 Å². The number of unbranched alkanes of at least 4 members (excludes halogenated alkanes) is 1. The van der Waals surface area contributed by atoms with Gasteiger partial charge in [-0.25, -0.2) is 8.78 Å². The van der Waals surface area contributed by atoms with Crippen molar-refractivity contribution in [1.29, 1.82) is 0 Å². The maximum absolute atomic E-state index is 13.4. The number of aliphatic hydroxyl groups excluding tert-OH is 1. The second-order valence-electron chi connectivity index (χ2n) is 3.52. The van der Waals surface area contributed by atoms with E-state index < -0.39 is 17.7 Å². The summed E-state index contributed by atoms with van der Waals surface area (Å²) in [4.78, 5) is 0. The van der Waals surface area contributed by atoms with Crippen LogP contribution in [0.4, 0.5) is 8.78 Å². The maximum atomic E-state index is 13.4. The van der Waals surface area contributed by atoms with Crippen LogP contribution in [0.25, 0.3) is 0 Å². The Morgan fingerprint density at radius 3 is 2.69 bits per heavy atom. The van der Waals surface area contributed by atoms with E-state index in [0.717, 1.165) is 18.6 Å². The van der Waals surface area contributed by atoms with Crippen LogP contribution >= 0.6 is 11.6 Å². The Labute approximate surface area is 98.4 Å². The molecule has 0 aliphatic rings. The summed E-state index contributed by atoms with van der Waals surface area (Å²) in [7, 11) is 0. The van der Waals surface area contributed by atoms with Gasteiger partial charge in [0.25, 0.3) is 0 Å². The molecular formula is C12H13ClF2O. The molecule has 0 fully saturated rings. The zero-order valence-electron chi connectivity index (χ0n) is 8.72. The standard InChI is InChI=1S/C12H13ClF2O/c1-2-3-4-5-12(16)8-6-11(15)9(13)7-10(8)14/h2,6-7,12,16H,1,3-5H2. The molecule has 16 heavy (non-hydrogen) atoms. The van der Waals surface area contributed by atoms with Crippen molar-refractivity contribution in [2.75, 3.05) is 0 Å². The number of hydrogen-bond donors (Lipinski definition) is 1. The monoisotopic (exact) mass is 246 g/mol. The topological polar surface area (TPSA) is 20.2 Å². The lowest BCUT2D eigenvalue weighted by Crippen LogP contribution is -2.02. The molecule has 1 aromatic rings. The van der Waals surface area contributed by atoms with Crippen LogP contribution in [0.15, 0.2) is 24.8 Å². The lowest BCUT2D eigenvalue weighted by atomic mass is 10.0. The van der Waals surface area contributed by atoms with E-state index >= 15 is 0 Å². The summed E-state index contributed by atoms with van der Waals surface area (Å²) in [5.41, 5.74) is -0.0500. The predicted molar refractivity (Wildman–Crippen MR) is 60.4 cm³/mol. The van der Waals surface area contributed by atoms with Gasteiger partial charge in [-0.1, -0.05) is 17.7 Å². The van der Waals surface area contributed by atoms with Crippen molar-refractivity contribution in [3.05, 3.63) is 47.0 Å². The minimum absolute atomic E-state index is 0.0500. The smallest absolute Gasteiger partial charge is 0.142 e. The summed E-state index contributed by atoms with van der Waals surface area (Å²) < 4.78 is 26.4. The minimum atomic E-state index is -1.01. The highest BCUT2D eigenvalue weighted by Gasteiger charge is 2.15. The van der Waals surface area contributed by atoms with Gasteiger partial charge in [-0.2, -0.15) is 0 Å². The van der Waals surface area contributed by atoms with Crippen molar-refractivity contribution in [2.45, 2.75) is 25.4 Å². The summed E-state index contributed by atoms with van der Waals surface area (Å²) in [6, 6.07) is 1.82. The fraction of sp³-hybridized carbons (Fsp3) is 0.333. The number of rotatable bonds is 5. The number of aliphatic hydroxyl groups is 1. The van der Waals surface area contributed by atoms with Gasteiger partial charge in [0.05, 0.1) is 11.1 Å². The highest BCUT2D eigenvalue weighted by atomic mass is 35.5. The first kappa shape index (κ1) is 13.1. The Hall–Kier alpha value is -0.930. The molecule has 1 unspecified atom stereocenters. The van der Waals surface area contributed by atoms with Crippen molar-refractivity contribution in [3.8, 4) is 0 Å². The van der Waals surface area contributed by atoms with E-state index in [9.17, 15) is 13.9 Å². The molecule has 0 aliphatic heterocycles. The zero-order chi connectivity index (χ0) is 12.1. The molecule has 4 heteroatoms. The third-order valence-electron chi connectivity index (χ3n) is 2.28. The molecule has 0 bridgehead atoms. The van der Waals surface area contributed by atoms with Crippen LogP contribution in [0.5, 0.6) is 0 Å². The van der Waals surface area contributed by atoms with E-state index in [2.05, 4.69) is 6.58 Å². The molecule has 1 N–H and O–H groups in total. The predicted octanol–water partition coefficient (Wildman–Crippen LogP) is 4.01. The summed E-state index contributed by atoms with van der Waals surface area (Å²) in [6.07, 6.45) is 2.48. The summed E-state index contributed by atoms with van der Waals surface area (Å²) in [5.74, 6) is -1.40. The van der Waals surface area contributed by atoms with Gasteiger partial charge in [-0.3, -0.25) is 0 Å². The minimum Gasteiger partial charge on any atom is -0.388 e. The first-order chi connectivity index (χ1) is 7.56. The van der Waals surface area contributed by atoms with E-state index in [-0.39, 0.29) is 10.6 Å². The molecule has 0 aromatic heterocycles. The highest BCUT2D eigenvalue weighted by molar-refractivity contribution is 6.30. The number of benzene rings is 1. The van der Waals surface area contributed by atoms with E-state index in [0.29, 0.717) is 12.8 Å². The molecule has 1 aromatic carbocycles. The van der Waals surface area contributed by atoms with Crippen molar-refractivity contribution in [1.82, 2.24) is 0 Å². The second kappa shape index (κ2) is 5.97. The van der Waals surface area contributed by atoms with Crippen molar-refractivity contribution in [3.63, 3.8) is 0 Å². The molecule has 0 aliphatic carbocycles. The van der Waals surface area contributed by atoms with Crippen LogP contribution in [0.3, 0.4) is 0 Å². The van der Waals surface area contributed by atoms with E-state index in [1.54, 1.807) is 6.08 Å². The van der Waals surface area contributed by atoms with Crippen LogP contribution in [-0.2, 0) is 0 Å². The number of halogens is 3. The van der Waals surface area contributed by atoms with Crippen LogP contribution in [-0.4, -0.2) is 5.11 Å². The molecule has 1 nitrogen and oxygen atoms in total. The average Bonchev–Trinajstić information content (AvgIpc) is 2.23. The Morgan fingerprint density at radius 2 is 2.06 bits per heavy atom. The zero-order valence-corrected chi connectivity index (χ0v) is 9.47. The number of hydrogen-bond acceptors (Lipinski definition) is 1. The molecule has 1 rings (SSSR count). The van der Waals surface area contributed by atoms with Gasteiger partial charge in [0.1, 0.15) is 11.6 Å². The molecule has 1 atom stereocenters. The highest BCUT2D eigenvalue weighted by Crippen LogP contribution is 2.26. The van der Waals surface area contributed by atoms with E-state index in [4.69, 9.17) is 11.6 Å². The molecule has 0 heterocycles. The quantitative estimate of drug-likeness (QED) is 0.473. The van der Waals surface area contributed by atoms with Crippen molar-refractivity contribution in [2.24, 2.45) is 0 Å². The SMILES string of the molecule is C=CCCCC(O)c1cc(F)c(Cl)cc1F. The van der Waals surface area contributed by atoms with E-state index in [1.165, 1.54) is 0 Å². The summed E-state index contributed by atoms with van der Waals surface area (Å²) in [5, 5.41) is 9.38. The molecule has 0 spiro atoms. The third kappa shape index (κ3) is 3.29. The van der Waals surface area contributed by atoms with E-state index in [1.807, 2.05) is 0 Å². The molecular weight excluding hydrogens is 234 g/mol. The lowest BCUT2D eigenvalue weighted by molar-refractivity contribution is 0.160. The molecule has 0 saturated heterocycles. The molecule has 0 amide bonds. The van der Waals surface area contributed by atoms with Gasteiger partial charge in [0, 0.05) is 5.56 Å². The van der Waals surface area contributed by atoms with Gasteiger partial charge < -0.3 is 5.11 Å². The van der Waals surface area contributed by atoms with Gasteiger partial charge in [0.15, 0.2) is 0 Å². The Morgan fingerprint density at radius 1 is 1.38 bits per heavy atom. The first-order valence-electron chi connectivity index (χ1n) is 4.99.